The minimum absolute atomic E-state index is 0.0459. The van der Waals surface area contributed by atoms with Gasteiger partial charge in [-0.3, -0.25) is 0 Å². The third kappa shape index (κ3) is 4.29. The Kier molecular flexibility index (Phi) is 5.79. The normalized spacial score (nSPS) is 15.0. The summed E-state index contributed by atoms with van der Waals surface area (Å²) in [4.78, 5) is 14.9. The molecule has 1 saturated heterocycles. The van der Waals surface area contributed by atoms with E-state index in [1.807, 2.05) is 11.0 Å². The van der Waals surface area contributed by atoms with E-state index < -0.39 is 16.0 Å². The maximum atomic E-state index is 12.8. The molecule has 0 bridgehead atoms. The molecule has 2 aromatic carbocycles. The zero-order valence-electron chi connectivity index (χ0n) is 15.3. The van der Waals surface area contributed by atoms with Crippen LogP contribution in [0.5, 0.6) is 5.75 Å². The van der Waals surface area contributed by atoms with Crippen LogP contribution in [0, 0.1) is 0 Å². The lowest BCUT2D eigenvalue weighted by Gasteiger charge is -2.30. The second-order valence-corrected chi connectivity index (χ2v) is 8.42. The number of sulfonamides is 1. The molecule has 1 aliphatic rings. The van der Waals surface area contributed by atoms with Gasteiger partial charge in [0.2, 0.25) is 10.0 Å². The Labute approximate surface area is 159 Å². The van der Waals surface area contributed by atoms with E-state index in [0.29, 0.717) is 37.7 Å². The van der Waals surface area contributed by atoms with Crippen LogP contribution in [0.3, 0.4) is 0 Å². The smallest absolute Gasteiger partial charge is 0.345 e. The molecule has 27 heavy (non-hydrogen) atoms. The van der Waals surface area contributed by atoms with Crippen molar-refractivity contribution < 1.29 is 22.7 Å². The zero-order chi connectivity index (χ0) is 19.4. The topological polar surface area (TPSA) is 76.2 Å². The van der Waals surface area contributed by atoms with Gasteiger partial charge >= 0.3 is 5.97 Å². The maximum absolute atomic E-state index is 12.8. The second-order valence-electron chi connectivity index (χ2n) is 6.27. The summed E-state index contributed by atoms with van der Waals surface area (Å²) in [6.07, 6.45) is 0. The number of carbonyl (C=O) groups excluding carboxylic acids is 1. The van der Waals surface area contributed by atoms with E-state index in [1.54, 1.807) is 30.3 Å². The van der Waals surface area contributed by atoms with Gasteiger partial charge in [0.1, 0.15) is 5.75 Å². The summed E-state index contributed by atoms with van der Waals surface area (Å²) in [6, 6.07) is 13.2. The van der Waals surface area contributed by atoms with Crippen molar-refractivity contribution in [1.29, 1.82) is 0 Å². The van der Waals surface area contributed by atoms with Gasteiger partial charge in [0.05, 0.1) is 29.4 Å². The lowest BCUT2D eigenvalue weighted by atomic mass is 10.1. The molecule has 0 aliphatic carbocycles. The molecule has 0 atom stereocenters. The highest BCUT2D eigenvalue weighted by Crippen LogP contribution is 2.27. The average Bonchev–Trinajstić information content (AvgIpc) is 2.68. The molecule has 1 heterocycles. The number of anilines is 1. The van der Waals surface area contributed by atoms with Gasteiger partial charge in [0.15, 0.2) is 0 Å². The molecule has 0 radical (unpaired) electrons. The van der Waals surface area contributed by atoms with Crippen LogP contribution in [0.4, 0.5) is 5.69 Å². The van der Waals surface area contributed by atoms with E-state index in [9.17, 15) is 13.2 Å². The maximum Gasteiger partial charge on any atom is 0.345 e. The highest BCUT2D eigenvalue weighted by molar-refractivity contribution is 7.89. The van der Waals surface area contributed by atoms with Crippen molar-refractivity contribution in [2.75, 3.05) is 45.3 Å². The van der Waals surface area contributed by atoms with E-state index in [4.69, 9.17) is 9.47 Å². The lowest BCUT2D eigenvalue weighted by molar-refractivity contribution is 0.0734. The minimum atomic E-state index is -3.67. The largest absolute Gasteiger partial charge is 0.423 e. The molecule has 0 unspecified atom stereocenters. The number of hydrogen-bond acceptors (Lipinski definition) is 6. The van der Waals surface area contributed by atoms with Gasteiger partial charge in [0.25, 0.3) is 0 Å². The molecule has 7 nitrogen and oxygen atoms in total. The molecule has 0 N–H and O–H groups in total. The summed E-state index contributed by atoms with van der Waals surface area (Å²) in [7, 11) is -0.768. The Balaban J connectivity index is 2.02. The van der Waals surface area contributed by atoms with E-state index in [2.05, 4.69) is 0 Å². The van der Waals surface area contributed by atoms with Crippen LogP contribution in [0.1, 0.15) is 10.4 Å². The van der Waals surface area contributed by atoms with E-state index in [0.717, 1.165) is 4.31 Å². The SMILES string of the molecule is CN(C)S(=O)(=O)c1ccc(N2CCOCC2)c(C(=O)Oc2ccccc2)c1. The molecule has 0 amide bonds. The van der Waals surface area contributed by atoms with Crippen molar-refractivity contribution in [2.24, 2.45) is 0 Å². The van der Waals surface area contributed by atoms with Crippen molar-refractivity contribution in [3.8, 4) is 5.75 Å². The molecule has 1 fully saturated rings. The zero-order valence-corrected chi connectivity index (χ0v) is 16.1. The first-order valence-electron chi connectivity index (χ1n) is 8.56. The standard InChI is InChI=1S/C19H22N2O5S/c1-20(2)27(23,24)16-8-9-18(21-10-12-25-13-11-21)17(14-16)19(22)26-15-6-4-3-5-7-15/h3-9,14H,10-13H2,1-2H3. The van der Waals surface area contributed by atoms with Crippen LogP contribution >= 0.6 is 0 Å². The molecule has 2 aromatic rings. The predicted molar refractivity (Wildman–Crippen MR) is 102 cm³/mol. The Bertz CT molecular complexity index is 907. The van der Waals surface area contributed by atoms with Crippen LogP contribution in [0.25, 0.3) is 0 Å². The van der Waals surface area contributed by atoms with Crippen molar-refractivity contribution in [1.82, 2.24) is 4.31 Å². The van der Waals surface area contributed by atoms with Crippen molar-refractivity contribution in [2.45, 2.75) is 4.90 Å². The molecule has 0 saturated carbocycles. The summed E-state index contributed by atoms with van der Waals surface area (Å²) in [6.45, 7) is 2.33. The van der Waals surface area contributed by atoms with Crippen LogP contribution < -0.4 is 9.64 Å². The summed E-state index contributed by atoms with van der Waals surface area (Å²) < 4.78 is 36.9. The number of carbonyl (C=O) groups is 1. The third-order valence-corrected chi connectivity index (χ3v) is 6.08. The van der Waals surface area contributed by atoms with Crippen LogP contribution in [0.2, 0.25) is 0 Å². The number of ether oxygens (including phenoxy) is 2. The van der Waals surface area contributed by atoms with Crippen molar-refractivity contribution in [3.63, 3.8) is 0 Å². The number of nitrogens with zero attached hydrogens (tertiary/aromatic N) is 2. The first-order valence-corrected chi connectivity index (χ1v) is 10.00. The van der Waals surface area contributed by atoms with Crippen LogP contribution in [0.15, 0.2) is 53.4 Å². The molecule has 0 aromatic heterocycles. The number of hydrogen-bond donors (Lipinski definition) is 0. The first kappa shape index (κ1) is 19.3. The van der Waals surface area contributed by atoms with Gasteiger partial charge in [-0.1, -0.05) is 18.2 Å². The Morgan fingerprint density at radius 1 is 1.07 bits per heavy atom. The van der Waals surface area contributed by atoms with Gasteiger partial charge in [-0.05, 0) is 30.3 Å². The third-order valence-electron chi connectivity index (χ3n) is 4.27. The average molecular weight is 390 g/mol. The van der Waals surface area contributed by atoms with Crippen molar-refractivity contribution in [3.05, 3.63) is 54.1 Å². The molecule has 1 aliphatic heterocycles. The number of benzene rings is 2. The first-order chi connectivity index (χ1) is 12.9. The number of rotatable bonds is 5. The molecule has 0 spiro atoms. The van der Waals surface area contributed by atoms with Crippen LogP contribution in [-0.2, 0) is 14.8 Å². The molecule has 3 rings (SSSR count). The van der Waals surface area contributed by atoms with Gasteiger partial charge in [-0.2, -0.15) is 0 Å². The van der Waals surface area contributed by atoms with E-state index in [1.165, 1.54) is 26.2 Å². The molecular formula is C19H22N2O5S. The Hall–Kier alpha value is -2.42. The van der Waals surface area contributed by atoms with Gasteiger partial charge in [-0.25, -0.2) is 17.5 Å². The number of morpholine rings is 1. The Morgan fingerprint density at radius 2 is 1.74 bits per heavy atom. The molecular weight excluding hydrogens is 368 g/mol. The Morgan fingerprint density at radius 3 is 2.37 bits per heavy atom. The monoisotopic (exact) mass is 390 g/mol. The van der Waals surface area contributed by atoms with Gasteiger partial charge < -0.3 is 14.4 Å². The van der Waals surface area contributed by atoms with Crippen LogP contribution in [-0.4, -0.2) is 59.1 Å². The fourth-order valence-electron chi connectivity index (χ4n) is 2.78. The summed E-state index contributed by atoms with van der Waals surface area (Å²) in [5.41, 5.74) is 0.848. The minimum Gasteiger partial charge on any atom is -0.423 e. The number of esters is 1. The summed E-state index contributed by atoms with van der Waals surface area (Å²) in [5, 5.41) is 0. The highest BCUT2D eigenvalue weighted by Gasteiger charge is 2.25. The van der Waals surface area contributed by atoms with E-state index in [-0.39, 0.29) is 10.5 Å². The fraction of sp³-hybridized carbons (Fsp3) is 0.316. The van der Waals surface area contributed by atoms with Crippen molar-refractivity contribution >= 4 is 21.7 Å². The van der Waals surface area contributed by atoms with E-state index >= 15 is 0 Å². The molecule has 8 heteroatoms. The highest BCUT2D eigenvalue weighted by atomic mass is 32.2. The summed E-state index contributed by atoms with van der Waals surface area (Å²) in [5.74, 6) is -0.199. The lowest BCUT2D eigenvalue weighted by Crippen LogP contribution is -2.37. The fourth-order valence-corrected chi connectivity index (χ4v) is 3.71. The van der Waals surface area contributed by atoms with Gasteiger partial charge in [0, 0.05) is 27.2 Å². The van der Waals surface area contributed by atoms with Gasteiger partial charge in [-0.15, -0.1) is 0 Å². The molecule has 144 valence electrons. The predicted octanol–water partition coefficient (Wildman–Crippen LogP) is 1.99. The number of para-hydroxylation sites is 1. The quantitative estimate of drug-likeness (QED) is 0.574. The second kappa shape index (κ2) is 8.08. The summed E-state index contributed by atoms with van der Waals surface area (Å²) >= 11 is 0.